The van der Waals surface area contributed by atoms with Gasteiger partial charge in [0.15, 0.2) is 11.4 Å². The van der Waals surface area contributed by atoms with E-state index in [1.54, 1.807) is 25.1 Å². The van der Waals surface area contributed by atoms with Gasteiger partial charge in [-0.15, -0.1) is 0 Å². The van der Waals surface area contributed by atoms with E-state index in [-0.39, 0.29) is 29.7 Å². The first-order valence-electron chi connectivity index (χ1n) is 14.2. The molecule has 11 heteroatoms. The highest BCUT2D eigenvalue weighted by molar-refractivity contribution is 6.24. The van der Waals surface area contributed by atoms with Crippen molar-refractivity contribution in [3.05, 3.63) is 45.4 Å². The predicted octanol–water partition coefficient (Wildman–Crippen LogP) is 1.56. The first-order chi connectivity index (χ1) is 19.2. The number of fused-ring (bicyclic) bond motifs is 3. The molecule has 1 amide bonds. The number of aliphatic hydroxyl groups is 3. The van der Waals surface area contributed by atoms with E-state index in [2.05, 4.69) is 11.8 Å². The lowest BCUT2D eigenvalue weighted by Crippen LogP contribution is -2.63. The molecule has 1 fully saturated rings. The monoisotopic (exact) mass is 568 g/mol. The summed E-state index contributed by atoms with van der Waals surface area (Å²) in [5, 5.41) is 45.4. The number of carbonyl (C=O) groups is 3. The van der Waals surface area contributed by atoms with Crippen LogP contribution in [-0.4, -0.2) is 100 Å². The Hall–Kier alpha value is -3.41. The number of piperidine rings is 1. The summed E-state index contributed by atoms with van der Waals surface area (Å²) in [7, 11) is 7.00. The fourth-order valence-electron chi connectivity index (χ4n) is 7.66. The molecule has 0 radical (unpaired) electrons. The first-order valence-corrected chi connectivity index (χ1v) is 14.2. The summed E-state index contributed by atoms with van der Waals surface area (Å²) in [5.41, 5.74) is 4.19. The second-order valence-corrected chi connectivity index (χ2v) is 12.4. The SMILES string of the molecule is C[C@H]1CCCCN1Cc1cc(O)c2c(c1N(C)C)C[C@H]1C[C@H]3[C@H](N(C)C)C(O)=C(C(N)=O)C(=O)[C@@]3(O)C(O)=C1C2=O. The molecule has 1 aromatic carbocycles. The van der Waals surface area contributed by atoms with E-state index in [0.29, 0.717) is 18.2 Å². The summed E-state index contributed by atoms with van der Waals surface area (Å²) in [6.45, 7) is 3.74. The molecule has 0 spiro atoms. The van der Waals surface area contributed by atoms with Gasteiger partial charge in [0.2, 0.25) is 5.78 Å². The highest BCUT2D eigenvalue weighted by atomic mass is 16.3. The van der Waals surface area contributed by atoms with Crippen molar-refractivity contribution in [3.63, 3.8) is 0 Å². The number of aromatic hydroxyl groups is 1. The zero-order valence-corrected chi connectivity index (χ0v) is 24.3. The molecule has 1 aromatic rings. The number of ketones is 2. The summed E-state index contributed by atoms with van der Waals surface area (Å²) in [4.78, 5) is 45.5. The second kappa shape index (κ2) is 10.1. The summed E-state index contributed by atoms with van der Waals surface area (Å²) in [5.74, 6) is -6.47. The number of primary amides is 1. The third kappa shape index (κ3) is 4.24. The van der Waals surface area contributed by atoms with Crippen LogP contribution >= 0.6 is 0 Å². The number of phenolic OH excluding ortho intramolecular Hbond substituents is 1. The summed E-state index contributed by atoms with van der Waals surface area (Å²) < 4.78 is 0. The van der Waals surface area contributed by atoms with Crippen molar-refractivity contribution >= 4 is 23.2 Å². The van der Waals surface area contributed by atoms with Gasteiger partial charge < -0.3 is 31.1 Å². The van der Waals surface area contributed by atoms with Crippen LogP contribution in [0.3, 0.4) is 0 Å². The Morgan fingerprint density at radius 2 is 1.83 bits per heavy atom. The summed E-state index contributed by atoms with van der Waals surface area (Å²) >= 11 is 0. The molecule has 0 unspecified atom stereocenters. The summed E-state index contributed by atoms with van der Waals surface area (Å²) in [6.07, 6.45) is 3.70. The van der Waals surface area contributed by atoms with Gasteiger partial charge in [-0.25, -0.2) is 0 Å². The average Bonchev–Trinajstić information content (AvgIpc) is 2.86. The number of rotatable bonds is 5. The molecule has 1 saturated heterocycles. The van der Waals surface area contributed by atoms with E-state index < -0.39 is 58.0 Å². The Balaban J connectivity index is 1.66. The van der Waals surface area contributed by atoms with E-state index in [0.717, 1.165) is 30.6 Å². The zero-order chi connectivity index (χ0) is 30.1. The molecule has 41 heavy (non-hydrogen) atoms. The van der Waals surface area contributed by atoms with E-state index in [1.165, 1.54) is 6.42 Å². The molecule has 11 nitrogen and oxygen atoms in total. The normalized spacial score (nSPS) is 30.3. The molecule has 222 valence electrons. The number of nitrogens with zero attached hydrogens (tertiary/aromatic N) is 3. The van der Waals surface area contributed by atoms with Gasteiger partial charge in [0, 0.05) is 43.9 Å². The number of carbonyl (C=O) groups excluding carboxylic acids is 3. The lowest BCUT2D eigenvalue weighted by molar-refractivity contribution is -0.148. The van der Waals surface area contributed by atoms with Gasteiger partial charge in [-0.2, -0.15) is 0 Å². The van der Waals surface area contributed by atoms with Gasteiger partial charge in [-0.05, 0) is 76.4 Å². The fraction of sp³-hybridized carbons (Fsp3) is 0.567. The Kier molecular flexibility index (Phi) is 7.20. The molecule has 5 rings (SSSR count). The Labute approximate surface area is 239 Å². The van der Waals surface area contributed by atoms with Gasteiger partial charge >= 0.3 is 0 Å². The number of nitrogens with two attached hydrogens (primary N) is 1. The number of Topliss-reactive ketones (excluding diaryl/α,β-unsaturated/α-hetero) is 2. The molecule has 3 aliphatic carbocycles. The van der Waals surface area contributed by atoms with Crippen LogP contribution in [0.4, 0.5) is 5.69 Å². The van der Waals surface area contributed by atoms with Crippen LogP contribution in [0.5, 0.6) is 5.75 Å². The number of hydrogen-bond acceptors (Lipinski definition) is 10. The number of phenols is 1. The maximum Gasteiger partial charge on any atom is 0.255 e. The van der Waals surface area contributed by atoms with Crippen LogP contribution in [0.2, 0.25) is 0 Å². The number of likely N-dealkylation sites (tertiary alicyclic amines) is 1. The number of aliphatic hydroxyl groups excluding tert-OH is 2. The van der Waals surface area contributed by atoms with Crippen LogP contribution < -0.4 is 10.6 Å². The number of benzene rings is 1. The molecule has 5 atom stereocenters. The van der Waals surface area contributed by atoms with E-state index >= 15 is 0 Å². The Morgan fingerprint density at radius 3 is 2.41 bits per heavy atom. The lowest BCUT2D eigenvalue weighted by atomic mass is 9.58. The first kappa shape index (κ1) is 29.1. The molecule has 1 heterocycles. The third-order valence-corrected chi connectivity index (χ3v) is 9.54. The standard InChI is InChI=1S/C30H40N4O7/c1-14-8-6-7-9-34(14)13-16-12-19(35)21-17(23(16)32(2)3)10-15-11-18-24(33(4)5)26(37)22(29(31)40)28(39)30(18,41)27(38)20(15)25(21)36/h12,14-15,18,24,35,37-38,41H,6-11,13H2,1-5H3,(H2,31,40)/t14-,15-,18-,24-,30-/m0/s1. The van der Waals surface area contributed by atoms with Crippen molar-refractivity contribution in [1.29, 1.82) is 0 Å². The second-order valence-electron chi connectivity index (χ2n) is 12.4. The molecule has 0 bridgehead atoms. The van der Waals surface area contributed by atoms with Gasteiger partial charge in [0.1, 0.15) is 22.8 Å². The van der Waals surface area contributed by atoms with Crippen LogP contribution in [0.25, 0.3) is 0 Å². The average molecular weight is 569 g/mol. The highest BCUT2D eigenvalue weighted by Gasteiger charge is 2.63. The predicted molar refractivity (Wildman–Crippen MR) is 152 cm³/mol. The smallest absolute Gasteiger partial charge is 0.255 e. The van der Waals surface area contributed by atoms with Crippen molar-refractivity contribution in [2.24, 2.45) is 17.6 Å². The molecule has 6 N–H and O–H groups in total. The number of allylic oxidation sites excluding steroid dienone is 1. The Morgan fingerprint density at radius 1 is 1.15 bits per heavy atom. The quantitative estimate of drug-likeness (QED) is 0.329. The number of amides is 1. The van der Waals surface area contributed by atoms with Gasteiger partial charge in [-0.1, -0.05) is 6.42 Å². The van der Waals surface area contributed by atoms with Crippen molar-refractivity contribution in [1.82, 2.24) is 9.80 Å². The minimum Gasteiger partial charge on any atom is -0.510 e. The van der Waals surface area contributed by atoms with Crippen LogP contribution in [0.15, 0.2) is 28.7 Å². The third-order valence-electron chi connectivity index (χ3n) is 9.54. The molecule has 0 aromatic heterocycles. The number of likely N-dealkylation sites (N-methyl/N-ethyl adjacent to an activating group) is 1. The zero-order valence-electron chi connectivity index (χ0n) is 24.3. The van der Waals surface area contributed by atoms with Gasteiger partial charge in [0.25, 0.3) is 5.91 Å². The van der Waals surface area contributed by atoms with Crippen LogP contribution in [-0.2, 0) is 22.6 Å². The summed E-state index contributed by atoms with van der Waals surface area (Å²) in [6, 6.07) is 0.971. The molecular weight excluding hydrogens is 528 g/mol. The topological polar surface area (TPSA) is 168 Å². The Bertz CT molecular complexity index is 1400. The van der Waals surface area contributed by atoms with Crippen molar-refractivity contribution in [3.8, 4) is 5.75 Å². The van der Waals surface area contributed by atoms with Crippen molar-refractivity contribution in [2.45, 2.75) is 63.3 Å². The van der Waals surface area contributed by atoms with E-state index in [1.807, 2.05) is 19.0 Å². The van der Waals surface area contributed by atoms with Crippen molar-refractivity contribution in [2.75, 3.05) is 39.6 Å². The molecule has 4 aliphatic rings. The van der Waals surface area contributed by atoms with E-state index in [9.17, 15) is 34.8 Å². The number of hydrogen-bond donors (Lipinski definition) is 5. The van der Waals surface area contributed by atoms with Crippen LogP contribution in [0.1, 0.15) is 54.1 Å². The van der Waals surface area contributed by atoms with Crippen LogP contribution in [0, 0.1) is 11.8 Å². The highest BCUT2D eigenvalue weighted by Crippen LogP contribution is 2.53. The molecule has 0 saturated carbocycles. The lowest BCUT2D eigenvalue weighted by Gasteiger charge is -2.50. The molecular formula is C30H40N4O7. The van der Waals surface area contributed by atoms with Crippen molar-refractivity contribution < 1.29 is 34.8 Å². The maximum absolute atomic E-state index is 14.0. The minimum absolute atomic E-state index is 0.0323. The van der Waals surface area contributed by atoms with Gasteiger partial charge in [0.05, 0.1) is 11.6 Å². The largest absolute Gasteiger partial charge is 0.510 e. The maximum atomic E-state index is 14.0. The number of anilines is 1. The van der Waals surface area contributed by atoms with Gasteiger partial charge in [-0.3, -0.25) is 24.2 Å². The van der Waals surface area contributed by atoms with E-state index in [4.69, 9.17) is 5.73 Å². The minimum atomic E-state index is -2.64. The fourth-order valence-corrected chi connectivity index (χ4v) is 7.66. The molecule has 1 aliphatic heterocycles.